The number of carbonyl (C=O) groups excluding carboxylic acids is 2. The Balaban J connectivity index is 1.52. The predicted octanol–water partition coefficient (Wildman–Crippen LogP) is 1.76. The number of nitrogens with zero attached hydrogens (tertiary/aromatic N) is 6. The van der Waals surface area contributed by atoms with Crippen molar-refractivity contribution in [1.82, 2.24) is 23.9 Å². The smallest absolute Gasteiger partial charge is 0.263 e. The second kappa shape index (κ2) is 10.5. The van der Waals surface area contributed by atoms with Gasteiger partial charge in [0.2, 0.25) is 10.9 Å². The van der Waals surface area contributed by atoms with E-state index in [0.717, 1.165) is 12.1 Å². The van der Waals surface area contributed by atoms with Crippen LogP contribution in [-0.4, -0.2) is 96.5 Å². The number of amides is 2. The Bertz CT molecular complexity index is 1170. The van der Waals surface area contributed by atoms with Gasteiger partial charge in [0.05, 0.1) is 5.56 Å². The summed E-state index contributed by atoms with van der Waals surface area (Å²) in [5.41, 5.74) is 1.08. The average molecular weight is 523 g/mol. The number of halogens is 1. The molecule has 0 spiro atoms. The first kappa shape index (κ1) is 25.5. The van der Waals surface area contributed by atoms with Gasteiger partial charge in [-0.05, 0) is 30.7 Å². The second-order valence-electron chi connectivity index (χ2n) is 8.78. The third-order valence-electron chi connectivity index (χ3n) is 6.44. The number of benzene rings is 1. The van der Waals surface area contributed by atoms with Crippen LogP contribution in [0.3, 0.4) is 0 Å². The van der Waals surface area contributed by atoms with E-state index in [1.54, 1.807) is 16.0 Å². The number of carbonyl (C=O) groups is 2. The van der Waals surface area contributed by atoms with Gasteiger partial charge in [0.1, 0.15) is 0 Å². The first-order chi connectivity index (χ1) is 16.7. The molecular formula is C23H31ClN6O4S. The van der Waals surface area contributed by atoms with E-state index in [1.807, 2.05) is 31.2 Å². The highest BCUT2D eigenvalue weighted by Gasteiger charge is 2.36. The molecule has 2 fully saturated rings. The topological polar surface area (TPSA) is 99.1 Å². The number of aromatic nitrogens is 2. The molecular weight excluding hydrogens is 492 g/mol. The van der Waals surface area contributed by atoms with Crippen LogP contribution < -0.4 is 4.90 Å². The summed E-state index contributed by atoms with van der Waals surface area (Å²) in [4.78, 5) is 30.4. The highest BCUT2D eigenvalue weighted by Crippen LogP contribution is 2.25. The van der Waals surface area contributed by atoms with Crippen LogP contribution >= 0.6 is 11.6 Å². The van der Waals surface area contributed by atoms with Gasteiger partial charge < -0.3 is 14.7 Å². The van der Waals surface area contributed by atoms with Crippen LogP contribution in [0, 0.1) is 0 Å². The Kier molecular flexibility index (Phi) is 7.67. The van der Waals surface area contributed by atoms with Crippen molar-refractivity contribution >= 4 is 39.1 Å². The Morgan fingerprint density at radius 2 is 1.54 bits per heavy atom. The molecule has 190 valence electrons. The zero-order valence-corrected chi connectivity index (χ0v) is 21.6. The van der Waals surface area contributed by atoms with Crippen molar-refractivity contribution in [3.63, 3.8) is 0 Å². The highest BCUT2D eigenvalue weighted by molar-refractivity contribution is 7.89. The normalized spacial score (nSPS) is 17.6. The third-order valence-corrected chi connectivity index (χ3v) is 8.52. The standard InChI is InChI=1S/C23H31ClN6O4S/c1-3-8-29-17-21(23(32)28-11-9-26(10-12-28)18(2)31)22(25-29)35(33,34)30-15-13-27(14-16-30)20-6-4-19(24)5-7-20/h4-7,17H,3,8-16H2,1-2H3. The summed E-state index contributed by atoms with van der Waals surface area (Å²) in [6, 6.07) is 7.46. The SMILES string of the molecule is CCCn1cc(C(=O)N2CCN(C(C)=O)CC2)c(S(=O)(=O)N2CCN(c3ccc(Cl)cc3)CC2)n1. The summed E-state index contributed by atoms with van der Waals surface area (Å²) in [6.07, 6.45) is 2.30. The van der Waals surface area contributed by atoms with Gasteiger partial charge in [0.25, 0.3) is 15.9 Å². The fourth-order valence-electron chi connectivity index (χ4n) is 4.44. The lowest BCUT2D eigenvalue weighted by Gasteiger charge is -2.35. The van der Waals surface area contributed by atoms with E-state index in [4.69, 9.17) is 11.6 Å². The molecule has 2 amide bonds. The summed E-state index contributed by atoms with van der Waals surface area (Å²) >= 11 is 5.98. The summed E-state index contributed by atoms with van der Waals surface area (Å²) in [5, 5.41) is 4.80. The molecule has 2 aliphatic rings. The third kappa shape index (κ3) is 5.46. The van der Waals surface area contributed by atoms with E-state index >= 15 is 0 Å². The Hall–Kier alpha value is -2.63. The Morgan fingerprint density at radius 3 is 2.11 bits per heavy atom. The van der Waals surface area contributed by atoms with Gasteiger partial charge in [-0.3, -0.25) is 14.3 Å². The molecule has 35 heavy (non-hydrogen) atoms. The van der Waals surface area contributed by atoms with Crippen LogP contribution in [0.2, 0.25) is 5.02 Å². The molecule has 3 heterocycles. The van der Waals surface area contributed by atoms with E-state index in [9.17, 15) is 18.0 Å². The maximum atomic E-state index is 13.6. The number of sulfonamides is 1. The number of rotatable bonds is 6. The van der Waals surface area contributed by atoms with Gasteiger partial charge in [0, 0.05) is 82.7 Å². The molecule has 4 rings (SSSR count). The van der Waals surface area contributed by atoms with E-state index in [2.05, 4.69) is 10.00 Å². The van der Waals surface area contributed by atoms with E-state index in [-0.39, 0.29) is 35.5 Å². The summed E-state index contributed by atoms with van der Waals surface area (Å²) < 4.78 is 30.2. The fraction of sp³-hybridized carbons (Fsp3) is 0.522. The molecule has 2 saturated heterocycles. The predicted molar refractivity (Wildman–Crippen MR) is 133 cm³/mol. The van der Waals surface area contributed by atoms with Gasteiger partial charge in [-0.1, -0.05) is 18.5 Å². The van der Waals surface area contributed by atoms with Crippen LogP contribution in [0.1, 0.15) is 30.6 Å². The van der Waals surface area contributed by atoms with Crippen LogP contribution in [0.15, 0.2) is 35.5 Å². The zero-order valence-electron chi connectivity index (χ0n) is 20.1. The number of hydrogen-bond acceptors (Lipinski definition) is 6. The van der Waals surface area contributed by atoms with Crippen molar-refractivity contribution in [3.8, 4) is 0 Å². The Morgan fingerprint density at radius 1 is 0.943 bits per heavy atom. The van der Waals surface area contributed by atoms with Gasteiger partial charge in [-0.15, -0.1) is 0 Å². The molecule has 0 aliphatic carbocycles. The molecule has 1 aromatic carbocycles. The molecule has 2 aliphatic heterocycles. The van der Waals surface area contributed by atoms with Crippen molar-refractivity contribution in [2.24, 2.45) is 0 Å². The Labute approximate surface area is 211 Å². The maximum Gasteiger partial charge on any atom is 0.263 e. The van der Waals surface area contributed by atoms with Crippen molar-refractivity contribution < 1.29 is 18.0 Å². The first-order valence-electron chi connectivity index (χ1n) is 11.8. The zero-order chi connectivity index (χ0) is 25.2. The number of piperazine rings is 2. The average Bonchev–Trinajstić information content (AvgIpc) is 3.29. The van der Waals surface area contributed by atoms with E-state index < -0.39 is 10.0 Å². The maximum absolute atomic E-state index is 13.6. The van der Waals surface area contributed by atoms with Gasteiger partial charge in [-0.2, -0.15) is 9.40 Å². The lowest BCUT2D eigenvalue weighted by atomic mass is 10.2. The fourth-order valence-corrected chi connectivity index (χ4v) is 6.08. The van der Waals surface area contributed by atoms with Gasteiger partial charge >= 0.3 is 0 Å². The van der Waals surface area contributed by atoms with Crippen LogP contribution in [0.25, 0.3) is 0 Å². The summed E-state index contributed by atoms with van der Waals surface area (Å²) in [6.45, 7) is 7.17. The minimum Gasteiger partial charge on any atom is -0.369 e. The lowest BCUT2D eigenvalue weighted by Crippen LogP contribution is -2.51. The van der Waals surface area contributed by atoms with E-state index in [0.29, 0.717) is 50.8 Å². The van der Waals surface area contributed by atoms with Crippen LogP contribution in [0.4, 0.5) is 5.69 Å². The molecule has 0 unspecified atom stereocenters. The first-order valence-corrected chi connectivity index (χ1v) is 13.7. The highest BCUT2D eigenvalue weighted by atomic mass is 35.5. The van der Waals surface area contributed by atoms with Crippen molar-refractivity contribution in [2.45, 2.75) is 31.8 Å². The molecule has 0 saturated carbocycles. The number of anilines is 1. The molecule has 2 aromatic rings. The minimum absolute atomic E-state index is 0.0335. The molecule has 10 nitrogen and oxygen atoms in total. The van der Waals surface area contributed by atoms with Crippen molar-refractivity contribution in [3.05, 3.63) is 41.0 Å². The van der Waals surface area contributed by atoms with Crippen molar-refractivity contribution in [2.75, 3.05) is 57.3 Å². The summed E-state index contributed by atoms with van der Waals surface area (Å²) in [5.74, 6) is -0.400. The van der Waals surface area contributed by atoms with Crippen molar-refractivity contribution in [1.29, 1.82) is 0 Å². The quantitative estimate of drug-likeness (QED) is 0.573. The monoisotopic (exact) mass is 522 g/mol. The molecule has 0 atom stereocenters. The number of aryl methyl sites for hydroxylation is 1. The largest absolute Gasteiger partial charge is 0.369 e. The van der Waals surface area contributed by atoms with Crippen LogP contribution in [-0.2, 0) is 21.4 Å². The van der Waals surface area contributed by atoms with Gasteiger partial charge in [-0.25, -0.2) is 8.42 Å². The summed E-state index contributed by atoms with van der Waals surface area (Å²) in [7, 11) is -3.97. The minimum atomic E-state index is -3.97. The van der Waals surface area contributed by atoms with E-state index in [1.165, 1.54) is 15.9 Å². The molecule has 0 bridgehead atoms. The molecule has 12 heteroatoms. The molecule has 0 radical (unpaired) electrons. The lowest BCUT2D eigenvalue weighted by molar-refractivity contribution is -0.130. The molecule has 1 aromatic heterocycles. The number of hydrogen-bond donors (Lipinski definition) is 0. The van der Waals surface area contributed by atoms with Crippen LogP contribution in [0.5, 0.6) is 0 Å². The van der Waals surface area contributed by atoms with Gasteiger partial charge in [0.15, 0.2) is 0 Å². The molecule has 0 N–H and O–H groups in total. The second-order valence-corrected chi connectivity index (χ2v) is 11.1.